The maximum absolute atomic E-state index is 12.3. The van der Waals surface area contributed by atoms with E-state index in [1.807, 2.05) is 54.2 Å². The molecule has 0 radical (unpaired) electrons. The lowest BCUT2D eigenvalue weighted by atomic mass is 10.2. The van der Waals surface area contributed by atoms with Crippen molar-refractivity contribution in [1.82, 2.24) is 19.1 Å². The molecule has 0 bridgehead atoms. The summed E-state index contributed by atoms with van der Waals surface area (Å²) in [5, 5.41) is 4.42. The molecule has 3 aromatic heterocycles. The van der Waals surface area contributed by atoms with Gasteiger partial charge in [0.15, 0.2) is 0 Å². The Bertz CT molecular complexity index is 782. The van der Waals surface area contributed by atoms with E-state index < -0.39 is 0 Å². The van der Waals surface area contributed by atoms with Gasteiger partial charge in [-0.25, -0.2) is 0 Å². The number of aromatic nitrogens is 3. The first-order valence-electron chi connectivity index (χ1n) is 6.39. The Hall–Kier alpha value is -2.56. The zero-order chi connectivity index (χ0) is 14.3. The highest BCUT2D eigenvalue weighted by Gasteiger charge is 2.18. The quantitative estimate of drug-likeness (QED) is 0.714. The maximum Gasteiger partial charge on any atom is 0.255 e. The molecule has 20 heavy (non-hydrogen) atoms. The van der Waals surface area contributed by atoms with Crippen molar-refractivity contribution in [1.29, 1.82) is 0 Å². The summed E-state index contributed by atoms with van der Waals surface area (Å²) in [6, 6.07) is 9.68. The molecule has 5 nitrogen and oxygen atoms in total. The Morgan fingerprint density at radius 1 is 1.20 bits per heavy atom. The van der Waals surface area contributed by atoms with Crippen molar-refractivity contribution in [2.45, 2.75) is 0 Å². The SMILES string of the molecule is CN(C)C(=O)c1cc(-c2ccn(C)n2)n2ccccc12. The number of aryl methyl sites for hydroxylation is 1. The Morgan fingerprint density at radius 2 is 2.00 bits per heavy atom. The molecule has 0 aliphatic carbocycles. The first-order chi connectivity index (χ1) is 9.58. The smallest absolute Gasteiger partial charge is 0.255 e. The van der Waals surface area contributed by atoms with Gasteiger partial charge in [-0.2, -0.15) is 5.10 Å². The van der Waals surface area contributed by atoms with Crippen molar-refractivity contribution in [3.63, 3.8) is 0 Å². The lowest BCUT2D eigenvalue weighted by Gasteiger charge is -2.08. The molecule has 0 fully saturated rings. The van der Waals surface area contributed by atoms with Gasteiger partial charge in [0, 0.05) is 33.5 Å². The average Bonchev–Trinajstić information content (AvgIpc) is 3.01. The van der Waals surface area contributed by atoms with E-state index in [9.17, 15) is 4.79 Å². The molecule has 1 amide bonds. The lowest BCUT2D eigenvalue weighted by Crippen LogP contribution is -2.21. The van der Waals surface area contributed by atoms with Crippen molar-refractivity contribution >= 4 is 11.4 Å². The van der Waals surface area contributed by atoms with E-state index in [1.165, 1.54) is 0 Å². The van der Waals surface area contributed by atoms with Crippen LogP contribution in [-0.4, -0.2) is 39.1 Å². The number of amides is 1. The summed E-state index contributed by atoms with van der Waals surface area (Å²) < 4.78 is 3.75. The van der Waals surface area contributed by atoms with Crippen LogP contribution >= 0.6 is 0 Å². The Labute approximate surface area is 117 Å². The van der Waals surface area contributed by atoms with E-state index in [4.69, 9.17) is 0 Å². The van der Waals surface area contributed by atoms with Crippen molar-refractivity contribution in [2.75, 3.05) is 14.1 Å². The molecular weight excluding hydrogens is 252 g/mol. The summed E-state index contributed by atoms with van der Waals surface area (Å²) in [6.45, 7) is 0. The van der Waals surface area contributed by atoms with Gasteiger partial charge < -0.3 is 9.30 Å². The number of hydrogen-bond donors (Lipinski definition) is 0. The topological polar surface area (TPSA) is 42.5 Å². The Kier molecular flexibility index (Phi) is 2.82. The zero-order valence-corrected chi connectivity index (χ0v) is 11.7. The van der Waals surface area contributed by atoms with E-state index in [-0.39, 0.29) is 5.91 Å². The number of carbonyl (C=O) groups excluding carboxylic acids is 1. The number of pyridine rings is 1. The molecule has 5 heteroatoms. The van der Waals surface area contributed by atoms with Crippen LogP contribution in [0.5, 0.6) is 0 Å². The molecule has 0 unspecified atom stereocenters. The number of hydrogen-bond acceptors (Lipinski definition) is 2. The van der Waals surface area contributed by atoms with Gasteiger partial charge in [0.2, 0.25) is 0 Å². The Balaban J connectivity index is 2.26. The maximum atomic E-state index is 12.3. The average molecular weight is 268 g/mol. The fourth-order valence-corrected chi connectivity index (χ4v) is 2.31. The molecule has 0 saturated carbocycles. The van der Waals surface area contributed by atoms with Crippen LogP contribution < -0.4 is 0 Å². The van der Waals surface area contributed by atoms with Crippen LogP contribution in [0.25, 0.3) is 16.9 Å². The minimum absolute atomic E-state index is 0.00381. The van der Waals surface area contributed by atoms with Gasteiger partial charge in [-0.05, 0) is 24.3 Å². The number of rotatable bonds is 2. The van der Waals surface area contributed by atoms with Gasteiger partial charge in [-0.3, -0.25) is 9.48 Å². The van der Waals surface area contributed by atoms with Crippen molar-refractivity contribution < 1.29 is 4.79 Å². The van der Waals surface area contributed by atoms with Crippen LogP contribution in [0.4, 0.5) is 0 Å². The van der Waals surface area contributed by atoms with E-state index in [0.717, 1.165) is 16.9 Å². The van der Waals surface area contributed by atoms with Crippen LogP contribution in [-0.2, 0) is 7.05 Å². The number of carbonyl (C=O) groups is 1. The third-order valence-corrected chi connectivity index (χ3v) is 3.29. The second-order valence-corrected chi connectivity index (χ2v) is 4.97. The van der Waals surface area contributed by atoms with Crippen LogP contribution in [0.1, 0.15) is 10.4 Å². The summed E-state index contributed by atoms with van der Waals surface area (Å²) in [7, 11) is 5.40. The van der Waals surface area contributed by atoms with Gasteiger partial charge in [-0.1, -0.05) is 6.07 Å². The van der Waals surface area contributed by atoms with Crippen LogP contribution in [0, 0.1) is 0 Å². The van der Waals surface area contributed by atoms with Gasteiger partial charge in [0.05, 0.1) is 16.8 Å². The number of nitrogens with zero attached hydrogens (tertiary/aromatic N) is 4. The molecular formula is C15H16N4O. The first kappa shape index (κ1) is 12.5. The first-order valence-corrected chi connectivity index (χ1v) is 6.39. The van der Waals surface area contributed by atoms with Crippen LogP contribution in [0.2, 0.25) is 0 Å². The lowest BCUT2D eigenvalue weighted by molar-refractivity contribution is 0.0829. The summed E-state index contributed by atoms with van der Waals surface area (Å²) in [5.41, 5.74) is 3.36. The third-order valence-electron chi connectivity index (χ3n) is 3.29. The van der Waals surface area contributed by atoms with Crippen LogP contribution in [0.15, 0.2) is 42.7 Å². The second kappa shape index (κ2) is 4.52. The van der Waals surface area contributed by atoms with E-state index in [1.54, 1.807) is 23.7 Å². The molecule has 0 aliphatic heterocycles. The van der Waals surface area contributed by atoms with Gasteiger partial charge in [-0.15, -0.1) is 0 Å². The zero-order valence-electron chi connectivity index (χ0n) is 11.7. The highest BCUT2D eigenvalue weighted by molar-refractivity contribution is 6.02. The molecule has 0 aliphatic rings. The molecule has 0 aromatic carbocycles. The molecule has 3 aromatic rings. The monoisotopic (exact) mass is 268 g/mol. The summed E-state index contributed by atoms with van der Waals surface area (Å²) in [4.78, 5) is 13.9. The summed E-state index contributed by atoms with van der Waals surface area (Å²) in [6.07, 6.45) is 3.84. The van der Waals surface area contributed by atoms with E-state index in [2.05, 4.69) is 5.10 Å². The number of fused-ring (bicyclic) bond motifs is 1. The predicted octanol–water partition coefficient (Wildman–Crippen LogP) is 2.04. The minimum Gasteiger partial charge on any atom is -0.345 e. The third kappa shape index (κ3) is 1.87. The van der Waals surface area contributed by atoms with Crippen molar-refractivity contribution in [2.24, 2.45) is 7.05 Å². The molecule has 3 rings (SSSR count). The Morgan fingerprint density at radius 3 is 2.65 bits per heavy atom. The van der Waals surface area contributed by atoms with Crippen LogP contribution in [0.3, 0.4) is 0 Å². The molecule has 0 atom stereocenters. The predicted molar refractivity (Wildman–Crippen MR) is 77.6 cm³/mol. The largest absolute Gasteiger partial charge is 0.345 e. The molecule has 102 valence electrons. The van der Waals surface area contributed by atoms with Gasteiger partial charge >= 0.3 is 0 Å². The molecule has 3 heterocycles. The van der Waals surface area contributed by atoms with E-state index >= 15 is 0 Å². The standard InChI is InChI=1S/C15H16N4O/c1-17(2)15(20)11-10-14(12-7-9-18(3)16-12)19-8-5-4-6-13(11)19/h4-10H,1-3H3. The van der Waals surface area contributed by atoms with Gasteiger partial charge in [0.25, 0.3) is 5.91 Å². The summed E-state index contributed by atoms with van der Waals surface area (Å²) >= 11 is 0. The molecule has 0 spiro atoms. The van der Waals surface area contributed by atoms with Crippen molar-refractivity contribution in [3.05, 3.63) is 48.3 Å². The second-order valence-electron chi connectivity index (χ2n) is 4.97. The van der Waals surface area contributed by atoms with Crippen molar-refractivity contribution in [3.8, 4) is 11.4 Å². The minimum atomic E-state index is -0.00381. The molecule has 0 N–H and O–H groups in total. The fourth-order valence-electron chi connectivity index (χ4n) is 2.31. The highest BCUT2D eigenvalue weighted by Crippen LogP contribution is 2.25. The summed E-state index contributed by atoms with van der Waals surface area (Å²) in [5.74, 6) is -0.00381. The highest BCUT2D eigenvalue weighted by atomic mass is 16.2. The molecule has 0 saturated heterocycles. The van der Waals surface area contributed by atoms with E-state index in [0.29, 0.717) is 5.56 Å². The van der Waals surface area contributed by atoms with Gasteiger partial charge in [0.1, 0.15) is 5.69 Å². The normalized spacial score (nSPS) is 10.9. The fraction of sp³-hybridized carbons (Fsp3) is 0.200.